The van der Waals surface area contributed by atoms with Crippen molar-refractivity contribution < 1.29 is 9.47 Å². The molecule has 2 rings (SSSR count). The summed E-state index contributed by atoms with van der Waals surface area (Å²) in [4.78, 5) is 0. The van der Waals surface area contributed by atoms with E-state index in [4.69, 9.17) is 9.47 Å². The van der Waals surface area contributed by atoms with Crippen LogP contribution in [0.5, 0.6) is 11.5 Å². The van der Waals surface area contributed by atoms with E-state index in [-0.39, 0.29) is 0 Å². The lowest BCUT2D eigenvalue weighted by Crippen LogP contribution is -1.92. The van der Waals surface area contributed by atoms with Crippen LogP contribution in [-0.4, -0.2) is 7.11 Å². The van der Waals surface area contributed by atoms with Gasteiger partial charge in [-0.15, -0.1) is 0 Å². The molecule has 0 N–H and O–H groups in total. The third-order valence-electron chi connectivity index (χ3n) is 2.80. The summed E-state index contributed by atoms with van der Waals surface area (Å²) in [6.07, 6.45) is 0. The Bertz CT molecular complexity index is 552. The van der Waals surface area contributed by atoms with E-state index in [1.54, 1.807) is 7.11 Å². The van der Waals surface area contributed by atoms with Crippen molar-refractivity contribution in [2.24, 2.45) is 0 Å². The van der Waals surface area contributed by atoms with Crippen LogP contribution in [0.2, 0.25) is 0 Å². The van der Waals surface area contributed by atoms with E-state index in [1.807, 2.05) is 30.3 Å². The van der Waals surface area contributed by atoms with Gasteiger partial charge in [0.15, 0.2) is 0 Å². The van der Waals surface area contributed by atoms with Gasteiger partial charge in [-0.1, -0.05) is 45.8 Å². The Balaban J connectivity index is 2.23. The number of aryl methyl sites for hydroxylation is 1. The number of alkyl halides is 1. The zero-order chi connectivity index (χ0) is 13.7. The number of hydrogen-bond donors (Lipinski definition) is 0. The molecule has 2 aromatic rings. The topological polar surface area (TPSA) is 18.5 Å². The molecule has 2 nitrogen and oxygen atoms in total. The Hall–Kier alpha value is -1.32. The molecule has 0 radical (unpaired) electrons. The van der Waals surface area contributed by atoms with Crippen LogP contribution in [0, 0.1) is 6.92 Å². The fourth-order valence-corrected chi connectivity index (χ4v) is 2.34. The van der Waals surface area contributed by atoms with Crippen molar-refractivity contribution in [3.63, 3.8) is 0 Å². The molecule has 0 unspecified atom stereocenters. The van der Waals surface area contributed by atoms with Crippen LogP contribution < -0.4 is 4.74 Å². The minimum absolute atomic E-state index is 0.594. The maximum atomic E-state index is 5.96. The second kappa shape index (κ2) is 6.73. The van der Waals surface area contributed by atoms with E-state index in [0.717, 1.165) is 28.0 Å². The van der Waals surface area contributed by atoms with Crippen LogP contribution in [0.1, 0.15) is 16.7 Å². The standard InChI is InChI=1S/C16H17BrO2/c1-12-6-7-16(14(8-12)10-17)19-15-5-3-4-13(9-15)11-18-2/h3-9H,10-11H2,1-2H3. The maximum absolute atomic E-state index is 5.96. The normalized spacial score (nSPS) is 10.5. The molecule has 0 atom stereocenters. The van der Waals surface area contributed by atoms with Gasteiger partial charge in [0.2, 0.25) is 0 Å². The molecule has 100 valence electrons. The molecular formula is C16H17BrO2. The summed E-state index contributed by atoms with van der Waals surface area (Å²) in [7, 11) is 1.69. The molecule has 0 saturated carbocycles. The monoisotopic (exact) mass is 320 g/mol. The summed E-state index contributed by atoms with van der Waals surface area (Å²) >= 11 is 3.50. The van der Waals surface area contributed by atoms with Crippen molar-refractivity contribution in [1.29, 1.82) is 0 Å². The van der Waals surface area contributed by atoms with E-state index in [2.05, 4.69) is 35.0 Å². The number of methoxy groups -OCH3 is 1. The number of benzene rings is 2. The van der Waals surface area contributed by atoms with Gasteiger partial charge in [-0.25, -0.2) is 0 Å². The van der Waals surface area contributed by atoms with Crippen LogP contribution in [0.3, 0.4) is 0 Å². The Morgan fingerprint density at radius 2 is 1.95 bits per heavy atom. The van der Waals surface area contributed by atoms with Crippen LogP contribution >= 0.6 is 15.9 Å². The Morgan fingerprint density at radius 1 is 1.11 bits per heavy atom. The van der Waals surface area contributed by atoms with Crippen molar-refractivity contribution in [3.05, 3.63) is 59.2 Å². The van der Waals surface area contributed by atoms with E-state index in [0.29, 0.717) is 6.61 Å². The molecule has 0 aliphatic carbocycles. The highest BCUT2D eigenvalue weighted by Crippen LogP contribution is 2.28. The van der Waals surface area contributed by atoms with Gasteiger partial charge in [-0.2, -0.15) is 0 Å². The molecule has 0 aliphatic rings. The summed E-state index contributed by atoms with van der Waals surface area (Å²) in [5, 5.41) is 0.780. The lowest BCUT2D eigenvalue weighted by atomic mass is 10.1. The van der Waals surface area contributed by atoms with Gasteiger partial charge in [0, 0.05) is 18.0 Å². The first kappa shape index (κ1) is 14.1. The SMILES string of the molecule is COCc1cccc(Oc2ccc(C)cc2CBr)c1. The Morgan fingerprint density at radius 3 is 2.68 bits per heavy atom. The van der Waals surface area contributed by atoms with Crippen molar-refractivity contribution >= 4 is 15.9 Å². The average molecular weight is 321 g/mol. The van der Waals surface area contributed by atoms with Crippen LogP contribution in [0.25, 0.3) is 0 Å². The lowest BCUT2D eigenvalue weighted by Gasteiger charge is -2.11. The predicted octanol–water partition coefficient (Wildman–Crippen LogP) is 4.83. The summed E-state index contributed by atoms with van der Waals surface area (Å²) in [5.41, 5.74) is 3.49. The molecule has 2 aromatic carbocycles. The first-order valence-electron chi connectivity index (χ1n) is 6.14. The van der Waals surface area contributed by atoms with E-state index >= 15 is 0 Å². The van der Waals surface area contributed by atoms with Crippen molar-refractivity contribution in [3.8, 4) is 11.5 Å². The van der Waals surface area contributed by atoms with Gasteiger partial charge < -0.3 is 9.47 Å². The third kappa shape index (κ3) is 3.82. The number of ether oxygens (including phenoxy) is 2. The molecule has 0 amide bonds. The van der Waals surface area contributed by atoms with Crippen LogP contribution in [-0.2, 0) is 16.7 Å². The molecule has 19 heavy (non-hydrogen) atoms. The molecule has 0 bridgehead atoms. The minimum atomic E-state index is 0.594. The largest absolute Gasteiger partial charge is 0.457 e. The average Bonchev–Trinajstić information content (AvgIpc) is 2.41. The zero-order valence-electron chi connectivity index (χ0n) is 11.2. The van der Waals surface area contributed by atoms with E-state index in [9.17, 15) is 0 Å². The van der Waals surface area contributed by atoms with Crippen molar-refractivity contribution in [2.45, 2.75) is 18.9 Å². The summed E-state index contributed by atoms with van der Waals surface area (Å²) in [6.45, 7) is 2.67. The van der Waals surface area contributed by atoms with E-state index < -0.39 is 0 Å². The van der Waals surface area contributed by atoms with Gasteiger partial charge in [0.1, 0.15) is 11.5 Å². The molecule has 0 fully saturated rings. The summed E-state index contributed by atoms with van der Waals surface area (Å²) < 4.78 is 11.1. The third-order valence-corrected chi connectivity index (χ3v) is 3.40. The van der Waals surface area contributed by atoms with E-state index in [1.165, 1.54) is 5.56 Å². The quantitative estimate of drug-likeness (QED) is 0.735. The molecule has 0 aliphatic heterocycles. The molecule has 0 saturated heterocycles. The summed E-state index contributed by atoms with van der Waals surface area (Å²) in [6, 6.07) is 14.2. The van der Waals surface area contributed by atoms with Crippen molar-refractivity contribution in [2.75, 3.05) is 7.11 Å². The maximum Gasteiger partial charge on any atom is 0.131 e. The number of halogens is 1. The first-order chi connectivity index (χ1) is 9.22. The lowest BCUT2D eigenvalue weighted by molar-refractivity contribution is 0.184. The second-order valence-electron chi connectivity index (χ2n) is 4.43. The highest BCUT2D eigenvalue weighted by Gasteiger charge is 2.05. The van der Waals surface area contributed by atoms with Crippen molar-refractivity contribution in [1.82, 2.24) is 0 Å². The highest BCUT2D eigenvalue weighted by molar-refractivity contribution is 9.08. The van der Waals surface area contributed by atoms with Gasteiger partial charge in [-0.05, 0) is 30.7 Å². The molecule has 3 heteroatoms. The molecule has 0 aromatic heterocycles. The Labute approximate surface area is 122 Å². The zero-order valence-corrected chi connectivity index (χ0v) is 12.7. The van der Waals surface area contributed by atoms with Crippen LogP contribution in [0.4, 0.5) is 0 Å². The predicted molar refractivity (Wildman–Crippen MR) is 81.0 cm³/mol. The Kier molecular flexibility index (Phi) is 5.00. The molecule has 0 spiro atoms. The highest BCUT2D eigenvalue weighted by atomic mass is 79.9. The fraction of sp³-hybridized carbons (Fsp3) is 0.250. The van der Waals surface area contributed by atoms with Crippen LogP contribution in [0.15, 0.2) is 42.5 Å². The van der Waals surface area contributed by atoms with Gasteiger partial charge in [0.25, 0.3) is 0 Å². The smallest absolute Gasteiger partial charge is 0.131 e. The molecular weight excluding hydrogens is 304 g/mol. The van der Waals surface area contributed by atoms with Gasteiger partial charge >= 0.3 is 0 Å². The minimum Gasteiger partial charge on any atom is -0.457 e. The first-order valence-corrected chi connectivity index (χ1v) is 7.26. The van der Waals surface area contributed by atoms with Gasteiger partial charge in [0.05, 0.1) is 6.61 Å². The summed E-state index contributed by atoms with van der Waals surface area (Å²) in [5.74, 6) is 1.72. The number of hydrogen-bond acceptors (Lipinski definition) is 2. The molecule has 0 heterocycles. The second-order valence-corrected chi connectivity index (χ2v) is 4.99. The fourth-order valence-electron chi connectivity index (χ4n) is 1.90. The number of rotatable bonds is 5. The van der Waals surface area contributed by atoms with Gasteiger partial charge in [-0.3, -0.25) is 0 Å².